The van der Waals surface area contributed by atoms with E-state index in [0.29, 0.717) is 89.3 Å². The largest absolute Gasteiger partial charge is 0.504 e. The van der Waals surface area contributed by atoms with Crippen LogP contribution < -0.4 is 23.7 Å². The van der Waals surface area contributed by atoms with Crippen LogP contribution in [0.3, 0.4) is 0 Å². The summed E-state index contributed by atoms with van der Waals surface area (Å²) >= 11 is 1.29. The molecule has 1 aliphatic carbocycles. The number of carbonyl (C=O) groups is 6. The molecule has 0 unspecified atom stereocenters. The molecule has 2 saturated heterocycles. The SMILES string of the molecule is COc1cc2c(cc1C)CCN(C(=O)OCOC(=O)C1CCC(CN3C(=O)C=CC3=O)CC1)[C@]21CS[C@@H]2c3c(OC(C)=O)c(C)c4c(c3[C@H](COC1=O)N1[C@@H]2[C@H]2c3c(cc(C)c(OC)c3O)C[C@@H]([C@@H]1O)N2C)OCO4. The maximum Gasteiger partial charge on any atom is 0.413 e. The molecule has 0 aromatic heterocycles. The van der Waals surface area contributed by atoms with Gasteiger partial charge in [-0.1, -0.05) is 12.1 Å². The number of ether oxygens (including phenoxy) is 8. The smallest absolute Gasteiger partial charge is 0.413 e. The number of rotatable bonds is 8. The van der Waals surface area contributed by atoms with Crippen molar-refractivity contribution in [3.8, 4) is 34.5 Å². The highest BCUT2D eigenvalue weighted by molar-refractivity contribution is 7.99. The Morgan fingerprint density at radius 1 is 0.867 bits per heavy atom. The van der Waals surface area contributed by atoms with Gasteiger partial charge in [0.15, 0.2) is 28.5 Å². The van der Waals surface area contributed by atoms with E-state index in [2.05, 4.69) is 4.90 Å². The van der Waals surface area contributed by atoms with Gasteiger partial charge in [-0.15, -0.1) is 11.8 Å². The fourth-order valence-corrected chi connectivity index (χ4v) is 15.1. The third-order valence-electron chi connectivity index (χ3n) is 16.8. The van der Waals surface area contributed by atoms with Gasteiger partial charge in [0.1, 0.15) is 24.3 Å². The summed E-state index contributed by atoms with van der Waals surface area (Å²) in [7, 11) is 4.92. The van der Waals surface area contributed by atoms with Crippen LogP contribution in [0.15, 0.2) is 30.4 Å². The zero-order valence-electron chi connectivity index (χ0n) is 42.8. The van der Waals surface area contributed by atoms with Gasteiger partial charge < -0.3 is 48.1 Å². The first-order valence-electron chi connectivity index (χ1n) is 25.3. The minimum Gasteiger partial charge on any atom is -0.504 e. The van der Waals surface area contributed by atoms with Crippen molar-refractivity contribution in [2.45, 2.75) is 107 Å². The second-order valence-corrected chi connectivity index (χ2v) is 21.9. The Morgan fingerprint density at radius 3 is 2.29 bits per heavy atom. The molecule has 0 radical (unpaired) electrons. The number of aryl methyl sites for hydroxylation is 2. The lowest BCUT2D eigenvalue weighted by molar-refractivity contribution is -0.188. The maximum absolute atomic E-state index is 15.7. The molecule has 3 fully saturated rings. The number of aromatic hydroxyl groups is 1. The number of fused-ring (bicyclic) bond motifs is 9. The van der Waals surface area contributed by atoms with Gasteiger partial charge in [-0.25, -0.2) is 9.59 Å². The summed E-state index contributed by atoms with van der Waals surface area (Å²) in [5.74, 6) is -1.66. The molecule has 4 bridgehead atoms. The summed E-state index contributed by atoms with van der Waals surface area (Å²) in [6.07, 6.45) is 3.14. The number of phenols is 1. The van der Waals surface area contributed by atoms with Crippen LogP contribution in [0.4, 0.5) is 4.79 Å². The second-order valence-electron chi connectivity index (χ2n) is 20.7. The Morgan fingerprint density at radius 2 is 1.59 bits per heavy atom. The van der Waals surface area contributed by atoms with Crippen LogP contribution >= 0.6 is 11.8 Å². The average Bonchev–Trinajstić information content (AvgIpc) is 4.01. The number of aliphatic hydroxyl groups excluding tert-OH is 1. The van der Waals surface area contributed by atoms with Gasteiger partial charge in [0.25, 0.3) is 11.8 Å². The number of hydrogen-bond donors (Lipinski definition) is 2. The van der Waals surface area contributed by atoms with Crippen molar-refractivity contribution < 1.29 is 76.9 Å². The molecular formula is C54H60N4O16S. The summed E-state index contributed by atoms with van der Waals surface area (Å²) in [6.45, 7) is 5.81. The molecule has 7 atom stereocenters. The summed E-state index contributed by atoms with van der Waals surface area (Å²) < 4.78 is 48.2. The molecule has 9 aliphatic rings. The maximum atomic E-state index is 15.7. The fourth-order valence-electron chi connectivity index (χ4n) is 13.3. The molecule has 8 heterocycles. The predicted octanol–water partition coefficient (Wildman–Crippen LogP) is 5.10. The van der Waals surface area contributed by atoms with Crippen molar-refractivity contribution in [3.63, 3.8) is 0 Å². The summed E-state index contributed by atoms with van der Waals surface area (Å²) in [6, 6.07) is 2.79. The zero-order chi connectivity index (χ0) is 52.9. The van der Waals surface area contributed by atoms with E-state index in [-0.39, 0.29) is 54.9 Å². The molecule has 1 saturated carbocycles. The minimum absolute atomic E-state index is 0.00829. The van der Waals surface area contributed by atoms with E-state index < -0.39 is 84.5 Å². The first-order valence-corrected chi connectivity index (χ1v) is 26.4. The van der Waals surface area contributed by atoms with Crippen molar-refractivity contribution in [1.82, 2.24) is 19.6 Å². The van der Waals surface area contributed by atoms with Crippen molar-refractivity contribution >= 4 is 47.6 Å². The van der Waals surface area contributed by atoms with Gasteiger partial charge in [-0.3, -0.25) is 38.8 Å². The van der Waals surface area contributed by atoms with E-state index in [1.165, 1.54) is 54.9 Å². The normalized spacial score (nSPS) is 28.5. The standard InChI is InChI=1S/C54H60N4O16S/c1-25-16-31-14-15-57(53(66)73-24-72-51(64)30-10-8-29(9-11-30)20-56-37(60)12-13-38(56)61)54(33(31)19-36(25)67-6)22-75-49-41-40(48-47(70-23-71-48)27(3)46(41)74-28(4)59)35(21-69-52(54)65)58-43(49)42-39-32(18-34(50(58)63)55(42)5)17-26(2)45(68-7)44(39)62/h12-13,16-17,19,29-30,34-35,42-43,49-50,62-63H,8-11,14-15,18,20-24H2,1-7H3/t29?,30?,34-,35-,42+,43+,49+,50-,54+/m0/s1. The lowest BCUT2D eigenvalue weighted by Crippen LogP contribution is -2.70. The molecule has 1 spiro atoms. The number of esters is 3. The molecule has 2 N–H and O–H groups in total. The fraction of sp³-hybridized carbons (Fsp3) is 0.519. The van der Waals surface area contributed by atoms with Gasteiger partial charge >= 0.3 is 24.0 Å². The van der Waals surface area contributed by atoms with Crippen molar-refractivity contribution in [1.29, 1.82) is 0 Å². The molecule has 8 aliphatic heterocycles. The van der Waals surface area contributed by atoms with Crippen molar-refractivity contribution in [3.05, 3.63) is 80.4 Å². The van der Waals surface area contributed by atoms with Crippen LogP contribution in [-0.4, -0.2) is 144 Å². The molecule has 12 rings (SSSR count). The van der Waals surface area contributed by atoms with Crippen LogP contribution in [0.2, 0.25) is 0 Å². The first kappa shape index (κ1) is 50.6. The van der Waals surface area contributed by atoms with Crippen LogP contribution in [0.5, 0.6) is 34.5 Å². The van der Waals surface area contributed by atoms with Gasteiger partial charge in [-0.05, 0) is 106 Å². The number of piperazine rings is 1. The predicted molar refractivity (Wildman–Crippen MR) is 265 cm³/mol. The molecule has 21 heteroatoms. The highest BCUT2D eigenvalue weighted by Crippen LogP contribution is 2.65. The van der Waals surface area contributed by atoms with E-state index in [1.807, 2.05) is 37.9 Å². The number of amides is 3. The van der Waals surface area contributed by atoms with E-state index in [1.54, 1.807) is 13.0 Å². The Labute approximate surface area is 437 Å². The molecule has 75 heavy (non-hydrogen) atoms. The Hall–Kier alpha value is -6.55. The molecular weight excluding hydrogens is 993 g/mol. The lowest BCUT2D eigenvalue weighted by atomic mass is 9.73. The number of methoxy groups -OCH3 is 2. The van der Waals surface area contributed by atoms with Crippen LogP contribution in [0.1, 0.15) is 100 Å². The number of carbonyl (C=O) groups excluding carboxylic acids is 6. The highest BCUT2D eigenvalue weighted by Gasteiger charge is 2.63. The molecule has 3 amide bonds. The number of aliphatic hydroxyl groups is 1. The van der Waals surface area contributed by atoms with E-state index in [0.717, 1.165) is 22.3 Å². The Bertz CT molecular complexity index is 2960. The average molecular weight is 1050 g/mol. The van der Waals surface area contributed by atoms with E-state index in [4.69, 9.17) is 37.9 Å². The first-order chi connectivity index (χ1) is 36.0. The van der Waals surface area contributed by atoms with Gasteiger partial charge in [0.05, 0.1) is 43.5 Å². The van der Waals surface area contributed by atoms with Crippen molar-refractivity contribution in [2.75, 3.05) is 60.3 Å². The summed E-state index contributed by atoms with van der Waals surface area (Å²) in [4.78, 5) is 88.2. The third kappa shape index (κ3) is 7.97. The number of phenolic OH excluding ortho intramolecular Hbond substituents is 1. The number of likely N-dealkylation sites (N-methyl/N-ethyl adjacent to an activating group) is 1. The molecule has 3 aromatic rings. The number of hydrogen-bond acceptors (Lipinski definition) is 19. The highest BCUT2D eigenvalue weighted by atomic mass is 32.2. The molecule has 398 valence electrons. The summed E-state index contributed by atoms with van der Waals surface area (Å²) in [5.41, 5.74) is 3.79. The van der Waals surface area contributed by atoms with Crippen LogP contribution in [0, 0.1) is 32.6 Å². The van der Waals surface area contributed by atoms with Crippen LogP contribution in [0.25, 0.3) is 0 Å². The topological polar surface area (TPSA) is 230 Å². The van der Waals surface area contributed by atoms with Crippen molar-refractivity contribution in [2.24, 2.45) is 11.8 Å². The van der Waals surface area contributed by atoms with Gasteiger partial charge in [0, 0.05) is 66.2 Å². The van der Waals surface area contributed by atoms with Gasteiger partial charge in [-0.2, -0.15) is 0 Å². The summed E-state index contributed by atoms with van der Waals surface area (Å²) in [5, 5.41) is 24.3. The molecule has 3 aromatic carbocycles. The lowest BCUT2D eigenvalue weighted by Gasteiger charge is -2.62. The van der Waals surface area contributed by atoms with E-state index in [9.17, 15) is 34.2 Å². The Balaban J connectivity index is 0.986. The number of nitrogens with zero attached hydrogens (tertiary/aromatic N) is 4. The second kappa shape index (κ2) is 19.2. The third-order valence-corrected chi connectivity index (χ3v) is 18.3. The monoisotopic (exact) mass is 1050 g/mol. The van der Waals surface area contributed by atoms with E-state index >= 15 is 4.79 Å². The van der Waals surface area contributed by atoms with Crippen LogP contribution in [-0.2, 0) is 56.6 Å². The Kier molecular flexibility index (Phi) is 13.0. The number of thioether (sulfide) groups is 1. The number of benzene rings is 3. The van der Waals surface area contributed by atoms with Gasteiger partial charge in [0.2, 0.25) is 13.6 Å². The molecule has 20 nitrogen and oxygen atoms in total. The quantitative estimate of drug-likeness (QED) is 0.129. The minimum atomic E-state index is -1.92. The number of imide groups is 1. The zero-order valence-corrected chi connectivity index (χ0v) is 43.6.